The fourth-order valence-electron chi connectivity index (χ4n) is 6.51. The zero-order valence-electron chi connectivity index (χ0n) is 19.7. The van der Waals surface area contributed by atoms with Crippen LogP contribution in [0.25, 0.3) is 6.08 Å². The molecule has 0 unspecified atom stereocenters. The van der Waals surface area contributed by atoms with Gasteiger partial charge in [-0.3, -0.25) is 14.4 Å². The zero-order chi connectivity index (χ0) is 25.1. The maximum Gasteiger partial charge on any atom is 0.238 e. The molecular weight excluding hydrogens is 480 g/mol. The van der Waals surface area contributed by atoms with Crippen LogP contribution in [0.15, 0.2) is 103 Å². The topological polar surface area (TPSA) is 66.5 Å². The largest absolute Gasteiger partial charge is 0.358 e. The molecule has 1 aromatic heterocycles. The molecule has 0 bridgehead atoms. The first-order valence-corrected chi connectivity index (χ1v) is 13.1. The predicted molar refractivity (Wildman–Crippen MR) is 144 cm³/mol. The van der Waals surface area contributed by atoms with Crippen LogP contribution in [0.1, 0.15) is 42.8 Å². The molecule has 37 heavy (non-hydrogen) atoms. The summed E-state index contributed by atoms with van der Waals surface area (Å²) in [5.74, 6) is -1.53. The molecule has 0 aliphatic carbocycles. The molecule has 0 saturated carbocycles. The second-order valence-corrected chi connectivity index (χ2v) is 10.6. The van der Waals surface area contributed by atoms with Crippen molar-refractivity contribution in [1.29, 1.82) is 0 Å². The average molecular weight is 503 g/mol. The quantitative estimate of drug-likeness (QED) is 0.362. The molecule has 1 fully saturated rings. The summed E-state index contributed by atoms with van der Waals surface area (Å²) in [5.41, 5.74) is 2.57. The van der Waals surface area contributed by atoms with Crippen LogP contribution >= 0.6 is 11.3 Å². The first kappa shape index (κ1) is 21.9. The minimum absolute atomic E-state index is 0.146. The molecule has 3 aliphatic heterocycles. The van der Waals surface area contributed by atoms with Gasteiger partial charge in [-0.2, -0.15) is 0 Å². The number of anilines is 1. The average Bonchev–Trinajstić information content (AvgIpc) is 3.65. The number of carbonyl (C=O) groups is 3. The number of carbonyl (C=O) groups excluding carboxylic acids is 3. The van der Waals surface area contributed by atoms with Crippen molar-refractivity contribution in [3.63, 3.8) is 0 Å². The predicted octanol–water partition coefficient (Wildman–Crippen LogP) is 5.73. The first-order valence-electron chi connectivity index (χ1n) is 12.2. The fourth-order valence-corrected chi connectivity index (χ4v) is 7.21. The lowest BCUT2D eigenvalue weighted by Gasteiger charge is -2.38. The second kappa shape index (κ2) is 8.11. The fraction of sp³-hybridized carbons (Fsp3) is 0.129. The number of fused-ring (bicyclic) bond motifs is 6. The highest BCUT2D eigenvalue weighted by molar-refractivity contribution is 7.12. The summed E-state index contributed by atoms with van der Waals surface area (Å²) in [6.45, 7) is 0. The van der Waals surface area contributed by atoms with Crippen LogP contribution in [0, 0.1) is 5.92 Å². The summed E-state index contributed by atoms with van der Waals surface area (Å²) in [4.78, 5) is 45.6. The summed E-state index contributed by atoms with van der Waals surface area (Å²) in [7, 11) is 0. The molecule has 5 nitrogen and oxygen atoms in total. The maximum absolute atomic E-state index is 14.5. The van der Waals surface area contributed by atoms with Crippen LogP contribution in [0.5, 0.6) is 0 Å². The Hall–Kier alpha value is -4.29. The molecule has 4 heterocycles. The monoisotopic (exact) mass is 502 g/mol. The minimum Gasteiger partial charge on any atom is -0.358 e. The number of nitrogens with zero attached hydrogens (tertiary/aromatic N) is 1. The van der Waals surface area contributed by atoms with E-state index in [0.717, 1.165) is 16.7 Å². The SMILES string of the molecule is O=C(c1cccs1)[C@@H]1[C@H](C(=O)c2ccccc2)[C@@]2(C(=O)Nc3ccccc32)[C@@H]2c3ccccc3C=CN12. The Bertz CT molecular complexity index is 1590. The number of hydrogen-bond acceptors (Lipinski definition) is 5. The standard InChI is InChI=1S/C31H22N2O3S/c34-27(20-10-2-1-3-11-20)25-26(28(35)24-15-8-18-37-24)33-17-16-19-9-4-5-12-21(19)29(33)31(25)22-13-6-7-14-23(22)32-30(31)36/h1-18,25-26,29H,(H,32,36)/t25-,26+,29+,31-/m1/s1. The van der Waals surface area contributed by atoms with Gasteiger partial charge in [-0.25, -0.2) is 0 Å². The van der Waals surface area contributed by atoms with E-state index >= 15 is 0 Å². The summed E-state index contributed by atoms with van der Waals surface area (Å²) in [6.07, 6.45) is 3.87. The van der Waals surface area contributed by atoms with Gasteiger partial charge in [0.05, 0.1) is 16.8 Å². The molecule has 3 aromatic carbocycles. The third-order valence-corrected chi connectivity index (χ3v) is 8.83. The molecule has 1 spiro atoms. The highest BCUT2D eigenvalue weighted by Crippen LogP contribution is 2.62. The maximum atomic E-state index is 14.5. The zero-order valence-corrected chi connectivity index (χ0v) is 20.5. The lowest BCUT2D eigenvalue weighted by Crippen LogP contribution is -2.49. The van der Waals surface area contributed by atoms with Crippen LogP contribution in [0.2, 0.25) is 0 Å². The van der Waals surface area contributed by atoms with Gasteiger partial charge in [0.25, 0.3) is 0 Å². The van der Waals surface area contributed by atoms with Gasteiger partial charge >= 0.3 is 0 Å². The van der Waals surface area contributed by atoms with E-state index < -0.39 is 23.4 Å². The van der Waals surface area contributed by atoms with Gasteiger partial charge in [0, 0.05) is 17.5 Å². The first-order chi connectivity index (χ1) is 18.1. The molecule has 3 aliphatic rings. The molecule has 180 valence electrons. The van der Waals surface area contributed by atoms with Gasteiger partial charge in [-0.1, -0.05) is 78.9 Å². The minimum atomic E-state index is -1.29. The number of Topliss-reactive ketones (excluding diaryl/α,β-unsaturated/α-hetero) is 2. The molecule has 4 atom stereocenters. The number of thiophene rings is 1. The van der Waals surface area contributed by atoms with Gasteiger partial charge in [-0.15, -0.1) is 11.3 Å². The molecule has 1 amide bonds. The number of hydrogen-bond donors (Lipinski definition) is 1. The van der Waals surface area contributed by atoms with E-state index in [4.69, 9.17) is 0 Å². The number of para-hydroxylation sites is 1. The van der Waals surface area contributed by atoms with Crippen molar-refractivity contribution in [3.8, 4) is 0 Å². The van der Waals surface area contributed by atoms with Crippen LogP contribution in [-0.2, 0) is 10.2 Å². The summed E-state index contributed by atoms with van der Waals surface area (Å²) < 4.78 is 0. The Kier molecular flexibility index (Phi) is 4.81. The molecule has 6 heteroatoms. The number of amides is 1. The van der Waals surface area contributed by atoms with Crippen LogP contribution in [-0.4, -0.2) is 28.4 Å². The molecule has 1 saturated heterocycles. The van der Waals surface area contributed by atoms with E-state index in [1.54, 1.807) is 18.2 Å². The van der Waals surface area contributed by atoms with Gasteiger partial charge in [0.1, 0.15) is 11.5 Å². The van der Waals surface area contributed by atoms with E-state index in [0.29, 0.717) is 16.1 Å². The highest BCUT2D eigenvalue weighted by Gasteiger charge is 2.70. The van der Waals surface area contributed by atoms with Crippen molar-refractivity contribution in [2.24, 2.45) is 5.92 Å². The summed E-state index contributed by atoms with van der Waals surface area (Å²) >= 11 is 1.36. The Morgan fingerprint density at radius 3 is 2.41 bits per heavy atom. The number of nitrogens with one attached hydrogen (secondary N) is 1. The van der Waals surface area contributed by atoms with Crippen LogP contribution in [0.4, 0.5) is 5.69 Å². The van der Waals surface area contributed by atoms with Gasteiger partial charge in [0.2, 0.25) is 5.91 Å². The van der Waals surface area contributed by atoms with Gasteiger partial charge in [-0.05, 0) is 40.3 Å². The van der Waals surface area contributed by atoms with E-state index in [1.807, 2.05) is 95.4 Å². The summed E-state index contributed by atoms with van der Waals surface area (Å²) in [5, 5.41) is 4.94. The third kappa shape index (κ3) is 2.93. The van der Waals surface area contributed by atoms with Gasteiger partial charge in [0.15, 0.2) is 11.6 Å². The van der Waals surface area contributed by atoms with Crippen molar-refractivity contribution >= 4 is 40.6 Å². The number of rotatable bonds is 4. The highest BCUT2D eigenvalue weighted by atomic mass is 32.1. The Morgan fingerprint density at radius 1 is 0.838 bits per heavy atom. The normalized spacial score (nSPS) is 24.9. The third-order valence-electron chi connectivity index (χ3n) is 7.94. The van der Waals surface area contributed by atoms with E-state index in [-0.39, 0.29) is 17.5 Å². The van der Waals surface area contributed by atoms with E-state index in [9.17, 15) is 14.4 Å². The number of benzene rings is 3. The van der Waals surface area contributed by atoms with E-state index in [2.05, 4.69) is 5.32 Å². The van der Waals surface area contributed by atoms with Crippen LogP contribution < -0.4 is 5.32 Å². The summed E-state index contributed by atoms with van der Waals surface area (Å²) in [6, 6.07) is 26.8. The molecule has 0 radical (unpaired) electrons. The van der Waals surface area contributed by atoms with Crippen LogP contribution in [0.3, 0.4) is 0 Å². The molecular formula is C31H22N2O3S. The Balaban J connectivity index is 1.56. The van der Waals surface area contributed by atoms with Crippen molar-refractivity contribution in [2.75, 3.05) is 5.32 Å². The molecule has 7 rings (SSSR count). The van der Waals surface area contributed by atoms with Crippen molar-refractivity contribution in [3.05, 3.63) is 130 Å². The van der Waals surface area contributed by atoms with Crippen molar-refractivity contribution in [2.45, 2.75) is 17.5 Å². The van der Waals surface area contributed by atoms with Crippen molar-refractivity contribution in [1.82, 2.24) is 4.90 Å². The Labute approximate surface area is 218 Å². The van der Waals surface area contributed by atoms with Gasteiger partial charge < -0.3 is 10.2 Å². The second-order valence-electron chi connectivity index (χ2n) is 9.66. The Morgan fingerprint density at radius 2 is 1.59 bits per heavy atom. The van der Waals surface area contributed by atoms with E-state index in [1.165, 1.54) is 11.3 Å². The number of ketones is 2. The molecule has 1 N–H and O–H groups in total. The van der Waals surface area contributed by atoms with Crippen molar-refractivity contribution < 1.29 is 14.4 Å². The molecule has 4 aromatic rings. The lowest BCUT2D eigenvalue weighted by molar-refractivity contribution is -0.122. The lowest BCUT2D eigenvalue weighted by atomic mass is 9.63. The smallest absolute Gasteiger partial charge is 0.238 e.